The Balaban J connectivity index is 1.82. The Bertz CT molecular complexity index is 1280. The SMILES string of the molecule is N#CCOc1ccccc1C1=NN(c2ccc([N+](=O)[O-])cc2)C(=O)/C1=C\c1ccccc1. The van der Waals surface area contributed by atoms with Crippen molar-refractivity contribution < 1.29 is 14.5 Å². The molecule has 0 spiro atoms. The quantitative estimate of drug-likeness (QED) is 0.332. The highest BCUT2D eigenvalue weighted by atomic mass is 16.6. The maximum absolute atomic E-state index is 13.4. The first kappa shape index (κ1) is 20.5. The van der Waals surface area contributed by atoms with Gasteiger partial charge < -0.3 is 4.74 Å². The van der Waals surface area contributed by atoms with E-state index >= 15 is 0 Å². The zero-order valence-corrected chi connectivity index (χ0v) is 16.7. The summed E-state index contributed by atoms with van der Waals surface area (Å²) < 4.78 is 5.54. The minimum absolute atomic E-state index is 0.0834. The fourth-order valence-corrected chi connectivity index (χ4v) is 3.25. The van der Waals surface area contributed by atoms with Crippen LogP contribution in [-0.2, 0) is 4.79 Å². The Morgan fingerprint density at radius 3 is 2.41 bits per heavy atom. The Kier molecular flexibility index (Phi) is 5.72. The van der Waals surface area contributed by atoms with Crippen LogP contribution in [0.3, 0.4) is 0 Å². The Hall–Kier alpha value is -4.77. The van der Waals surface area contributed by atoms with Gasteiger partial charge in [-0.25, -0.2) is 0 Å². The summed E-state index contributed by atoms with van der Waals surface area (Å²) in [4.78, 5) is 23.8. The second-order valence-corrected chi connectivity index (χ2v) is 6.75. The van der Waals surface area contributed by atoms with E-state index in [1.54, 1.807) is 30.3 Å². The Morgan fingerprint density at radius 1 is 1.03 bits per heavy atom. The number of nitro benzene ring substituents is 1. The number of benzene rings is 3. The molecule has 4 rings (SSSR count). The fourth-order valence-electron chi connectivity index (χ4n) is 3.25. The standard InChI is InChI=1S/C24H16N4O4/c25-14-15-32-22-9-5-4-8-20(22)23-21(16-17-6-2-1-3-7-17)24(29)27(26-23)18-10-12-19(13-11-18)28(30)31/h1-13,16H,15H2/b21-16-. The number of amides is 1. The van der Waals surface area contributed by atoms with Crippen molar-refractivity contribution in [3.63, 3.8) is 0 Å². The first-order valence-electron chi connectivity index (χ1n) is 9.62. The second kappa shape index (κ2) is 8.93. The molecule has 0 unspecified atom stereocenters. The summed E-state index contributed by atoms with van der Waals surface area (Å²) in [7, 11) is 0. The van der Waals surface area contributed by atoms with Crippen LogP contribution < -0.4 is 9.75 Å². The Morgan fingerprint density at radius 2 is 1.72 bits per heavy atom. The van der Waals surface area contributed by atoms with Gasteiger partial charge in [0.05, 0.1) is 16.2 Å². The molecule has 8 heteroatoms. The van der Waals surface area contributed by atoms with Gasteiger partial charge in [-0.2, -0.15) is 15.4 Å². The third kappa shape index (κ3) is 4.08. The van der Waals surface area contributed by atoms with Crippen molar-refractivity contribution in [2.24, 2.45) is 5.10 Å². The van der Waals surface area contributed by atoms with Crippen LogP contribution in [0.4, 0.5) is 11.4 Å². The second-order valence-electron chi connectivity index (χ2n) is 6.75. The lowest BCUT2D eigenvalue weighted by Gasteiger charge is -2.11. The van der Waals surface area contributed by atoms with Crippen LogP contribution in [0, 0.1) is 21.4 Å². The van der Waals surface area contributed by atoms with E-state index in [4.69, 9.17) is 10.00 Å². The van der Waals surface area contributed by atoms with Crippen molar-refractivity contribution in [2.45, 2.75) is 0 Å². The molecule has 0 bridgehead atoms. The Labute approximate surface area is 183 Å². The highest BCUT2D eigenvalue weighted by molar-refractivity contribution is 6.38. The molecule has 1 amide bonds. The monoisotopic (exact) mass is 424 g/mol. The molecule has 3 aromatic carbocycles. The molecule has 0 aliphatic carbocycles. The molecule has 8 nitrogen and oxygen atoms in total. The molecule has 0 saturated carbocycles. The van der Waals surface area contributed by atoms with Crippen molar-refractivity contribution >= 4 is 29.1 Å². The van der Waals surface area contributed by atoms with Crippen LogP contribution in [-0.4, -0.2) is 23.1 Å². The van der Waals surface area contributed by atoms with E-state index in [1.165, 1.54) is 29.3 Å². The molecule has 32 heavy (non-hydrogen) atoms. The summed E-state index contributed by atoms with van der Waals surface area (Å²) >= 11 is 0. The van der Waals surface area contributed by atoms with Crippen LogP contribution >= 0.6 is 0 Å². The topological polar surface area (TPSA) is 109 Å². The maximum atomic E-state index is 13.4. The number of nitrogens with zero attached hydrogens (tertiary/aromatic N) is 4. The summed E-state index contributed by atoms with van der Waals surface area (Å²) in [6.07, 6.45) is 1.73. The summed E-state index contributed by atoms with van der Waals surface area (Å²) in [5, 5.41) is 25.6. The van der Waals surface area contributed by atoms with E-state index in [-0.39, 0.29) is 18.2 Å². The fraction of sp³-hybridized carbons (Fsp3) is 0.0417. The molecular weight excluding hydrogens is 408 g/mol. The van der Waals surface area contributed by atoms with Gasteiger partial charge in [-0.15, -0.1) is 0 Å². The van der Waals surface area contributed by atoms with Crippen LogP contribution in [0.1, 0.15) is 11.1 Å². The van der Waals surface area contributed by atoms with E-state index in [2.05, 4.69) is 5.10 Å². The molecule has 3 aromatic rings. The van der Waals surface area contributed by atoms with Crippen molar-refractivity contribution in [3.8, 4) is 11.8 Å². The number of nitro groups is 1. The normalized spacial score (nSPS) is 14.2. The molecule has 0 fully saturated rings. The van der Waals surface area contributed by atoms with Gasteiger partial charge in [-0.1, -0.05) is 42.5 Å². The van der Waals surface area contributed by atoms with Gasteiger partial charge >= 0.3 is 0 Å². The predicted molar refractivity (Wildman–Crippen MR) is 119 cm³/mol. The van der Waals surface area contributed by atoms with Gasteiger partial charge in [0, 0.05) is 17.7 Å². The molecule has 0 saturated heterocycles. The maximum Gasteiger partial charge on any atom is 0.281 e. The number of para-hydroxylation sites is 1. The van der Waals surface area contributed by atoms with Crippen LogP contribution in [0.5, 0.6) is 5.75 Å². The van der Waals surface area contributed by atoms with E-state index in [0.717, 1.165) is 5.56 Å². The zero-order chi connectivity index (χ0) is 22.5. The molecule has 1 aliphatic heterocycles. The van der Waals surface area contributed by atoms with Gasteiger partial charge in [0.15, 0.2) is 6.61 Å². The molecule has 1 aliphatic rings. The molecule has 1 heterocycles. The third-order valence-electron chi connectivity index (χ3n) is 4.73. The number of nitriles is 1. The molecule has 0 radical (unpaired) electrons. The first-order valence-corrected chi connectivity index (χ1v) is 9.62. The van der Waals surface area contributed by atoms with Crippen molar-refractivity contribution in [3.05, 3.63) is 106 Å². The smallest absolute Gasteiger partial charge is 0.281 e. The van der Waals surface area contributed by atoms with Crippen molar-refractivity contribution in [2.75, 3.05) is 11.6 Å². The van der Waals surface area contributed by atoms with E-state index in [0.29, 0.717) is 28.3 Å². The summed E-state index contributed by atoms with van der Waals surface area (Å²) in [5.74, 6) is 0.0397. The van der Waals surface area contributed by atoms with Gasteiger partial charge in [-0.05, 0) is 35.9 Å². The highest BCUT2D eigenvalue weighted by Crippen LogP contribution is 2.32. The molecule has 156 valence electrons. The van der Waals surface area contributed by atoms with Crippen molar-refractivity contribution in [1.29, 1.82) is 5.26 Å². The molecule has 0 aromatic heterocycles. The largest absolute Gasteiger partial charge is 0.478 e. The van der Waals surface area contributed by atoms with Gasteiger partial charge in [-0.3, -0.25) is 14.9 Å². The predicted octanol–water partition coefficient (Wildman–Crippen LogP) is 4.33. The number of hydrogen-bond donors (Lipinski definition) is 0. The lowest BCUT2D eigenvalue weighted by atomic mass is 9.99. The zero-order valence-electron chi connectivity index (χ0n) is 16.7. The number of hydrogen-bond acceptors (Lipinski definition) is 6. The van der Waals surface area contributed by atoms with Crippen LogP contribution in [0.15, 0.2) is 89.5 Å². The molecule has 0 N–H and O–H groups in total. The number of carbonyl (C=O) groups excluding carboxylic acids is 1. The van der Waals surface area contributed by atoms with E-state index in [1.807, 2.05) is 36.4 Å². The summed E-state index contributed by atoms with van der Waals surface area (Å²) in [6.45, 7) is -0.151. The minimum atomic E-state index is -0.506. The first-order chi connectivity index (χ1) is 15.6. The highest BCUT2D eigenvalue weighted by Gasteiger charge is 2.33. The lowest BCUT2D eigenvalue weighted by Crippen LogP contribution is -2.21. The average Bonchev–Trinajstić information content (AvgIpc) is 3.14. The number of rotatable bonds is 6. The number of ether oxygens (including phenoxy) is 1. The number of hydrazone groups is 1. The van der Waals surface area contributed by atoms with E-state index in [9.17, 15) is 14.9 Å². The summed E-state index contributed by atoms with van der Waals surface area (Å²) in [5.41, 5.74) is 2.39. The number of non-ortho nitro benzene ring substituents is 1. The average molecular weight is 424 g/mol. The number of anilines is 1. The van der Waals surface area contributed by atoms with Gasteiger partial charge in [0.2, 0.25) is 0 Å². The van der Waals surface area contributed by atoms with Crippen LogP contribution in [0.2, 0.25) is 0 Å². The third-order valence-corrected chi connectivity index (χ3v) is 4.73. The van der Waals surface area contributed by atoms with Crippen LogP contribution in [0.25, 0.3) is 6.08 Å². The summed E-state index contributed by atoms with van der Waals surface area (Å²) in [6, 6.07) is 23.9. The van der Waals surface area contributed by atoms with Crippen molar-refractivity contribution in [1.82, 2.24) is 0 Å². The minimum Gasteiger partial charge on any atom is -0.478 e. The molecular formula is C24H16N4O4. The van der Waals surface area contributed by atoms with Gasteiger partial charge in [0.1, 0.15) is 17.5 Å². The lowest BCUT2D eigenvalue weighted by molar-refractivity contribution is -0.384. The van der Waals surface area contributed by atoms with E-state index < -0.39 is 4.92 Å². The molecule has 0 atom stereocenters. The van der Waals surface area contributed by atoms with Gasteiger partial charge in [0.25, 0.3) is 11.6 Å². The number of carbonyl (C=O) groups is 1.